The normalized spacial score (nSPS) is 11.5. The standard InChI is InChI=1S/C15H21N5S/c1-4-5-10-17-14(16-3)18-15-20-19-13(21-15)12-9-7-6-8-11(12)2/h6-9H,4-5,10H2,1-3H3,(H2,16,17,18,20). The van der Waals surface area contributed by atoms with Gasteiger partial charge in [-0.05, 0) is 18.9 Å². The smallest absolute Gasteiger partial charge is 0.212 e. The van der Waals surface area contributed by atoms with Gasteiger partial charge in [-0.1, -0.05) is 48.9 Å². The maximum Gasteiger partial charge on any atom is 0.212 e. The Labute approximate surface area is 129 Å². The molecule has 0 aliphatic heterocycles. The van der Waals surface area contributed by atoms with E-state index in [1.54, 1.807) is 7.05 Å². The van der Waals surface area contributed by atoms with Crippen LogP contribution < -0.4 is 10.6 Å². The van der Waals surface area contributed by atoms with Gasteiger partial charge in [-0.25, -0.2) is 0 Å². The molecule has 6 heteroatoms. The summed E-state index contributed by atoms with van der Waals surface area (Å²) >= 11 is 1.53. The van der Waals surface area contributed by atoms with Crippen molar-refractivity contribution in [2.24, 2.45) is 4.99 Å². The minimum atomic E-state index is 0.732. The van der Waals surface area contributed by atoms with Gasteiger partial charge in [0, 0.05) is 19.2 Å². The average Bonchev–Trinajstić information content (AvgIpc) is 2.95. The molecular formula is C15H21N5S. The Morgan fingerprint density at radius 1 is 1.29 bits per heavy atom. The zero-order valence-corrected chi connectivity index (χ0v) is 13.5. The summed E-state index contributed by atoms with van der Waals surface area (Å²) in [5.74, 6) is 0.732. The number of aryl methyl sites for hydroxylation is 1. The Morgan fingerprint density at radius 3 is 2.81 bits per heavy atom. The molecule has 2 N–H and O–H groups in total. The van der Waals surface area contributed by atoms with Gasteiger partial charge in [0.15, 0.2) is 5.96 Å². The van der Waals surface area contributed by atoms with Gasteiger partial charge < -0.3 is 10.6 Å². The van der Waals surface area contributed by atoms with Crippen LogP contribution in [0.1, 0.15) is 25.3 Å². The van der Waals surface area contributed by atoms with Crippen LogP contribution in [0.4, 0.5) is 5.13 Å². The predicted octanol–water partition coefficient (Wildman–Crippen LogP) is 3.30. The molecule has 0 amide bonds. The molecule has 1 aromatic carbocycles. The summed E-state index contributed by atoms with van der Waals surface area (Å²) in [5.41, 5.74) is 2.32. The van der Waals surface area contributed by atoms with Gasteiger partial charge in [-0.15, -0.1) is 10.2 Å². The number of guanidine groups is 1. The molecule has 0 aliphatic carbocycles. The zero-order valence-electron chi connectivity index (χ0n) is 12.7. The zero-order chi connectivity index (χ0) is 15.1. The summed E-state index contributed by atoms with van der Waals surface area (Å²) in [4.78, 5) is 4.19. The lowest BCUT2D eigenvalue weighted by atomic mass is 10.1. The van der Waals surface area contributed by atoms with Gasteiger partial charge in [0.1, 0.15) is 5.01 Å². The fourth-order valence-electron chi connectivity index (χ4n) is 1.86. The number of benzene rings is 1. The molecule has 0 unspecified atom stereocenters. The molecule has 1 heterocycles. The number of anilines is 1. The second kappa shape index (κ2) is 7.73. The van der Waals surface area contributed by atoms with Crippen LogP contribution in [0.25, 0.3) is 10.6 Å². The molecule has 5 nitrogen and oxygen atoms in total. The van der Waals surface area contributed by atoms with E-state index in [9.17, 15) is 0 Å². The molecule has 2 aromatic rings. The van der Waals surface area contributed by atoms with Crippen LogP contribution in [0, 0.1) is 6.92 Å². The lowest BCUT2D eigenvalue weighted by Crippen LogP contribution is -2.31. The minimum Gasteiger partial charge on any atom is -0.356 e. The summed E-state index contributed by atoms with van der Waals surface area (Å²) < 4.78 is 0. The van der Waals surface area contributed by atoms with E-state index in [1.807, 2.05) is 12.1 Å². The number of nitrogens with one attached hydrogen (secondary N) is 2. The Balaban J connectivity index is 2.05. The van der Waals surface area contributed by atoms with E-state index in [1.165, 1.54) is 16.9 Å². The van der Waals surface area contributed by atoms with Crippen LogP contribution in [0.2, 0.25) is 0 Å². The second-order valence-corrected chi connectivity index (χ2v) is 5.68. The second-order valence-electron chi connectivity index (χ2n) is 4.70. The number of rotatable bonds is 5. The van der Waals surface area contributed by atoms with Crippen molar-refractivity contribution in [1.82, 2.24) is 15.5 Å². The van der Waals surface area contributed by atoms with E-state index >= 15 is 0 Å². The van der Waals surface area contributed by atoms with E-state index in [4.69, 9.17) is 0 Å². The molecule has 0 atom stereocenters. The monoisotopic (exact) mass is 303 g/mol. The summed E-state index contributed by atoms with van der Waals surface area (Å²) in [7, 11) is 1.75. The van der Waals surface area contributed by atoms with Crippen molar-refractivity contribution in [3.05, 3.63) is 29.8 Å². The first-order valence-electron chi connectivity index (χ1n) is 7.11. The van der Waals surface area contributed by atoms with Crippen LogP contribution in [0.5, 0.6) is 0 Å². The van der Waals surface area contributed by atoms with Crippen molar-refractivity contribution in [3.8, 4) is 10.6 Å². The number of aliphatic imine (C=N–C) groups is 1. The molecule has 0 aliphatic rings. The quantitative estimate of drug-likeness (QED) is 0.505. The van der Waals surface area contributed by atoms with Crippen molar-refractivity contribution in [3.63, 3.8) is 0 Å². The van der Waals surface area contributed by atoms with E-state index < -0.39 is 0 Å². The number of aromatic nitrogens is 2. The van der Waals surface area contributed by atoms with Gasteiger partial charge >= 0.3 is 0 Å². The fraction of sp³-hybridized carbons (Fsp3) is 0.400. The van der Waals surface area contributed by atoms with Crippen LogP contribution >= 0.6 is 11.3 Å². The Hall–Kier alpha value is -1.95. The summed E-state index contributed by atoms with van der Waals surface area (Å²) in [5, 5.41) is 16.5. The van der Waals surface area contributed by atoms with Crippen LogP contribution in [0.3, 0.4) is 0 Å². The molecule has 1 aromatic heterocycles. The third-order valence-electron chi connectivity index (χ3n) is 3.07. The van der Waals surface area contributed by atoms with Crippen LogP contribution in [-0.2, 0) is 0 Å². The van der Waals surface area contributed by atoms with Crippen molar-refractivity contribution in [1.29, 1.82) is 0 Å². The molecular weight excluding hydrogens is 282 g/mol. The topological polar surface area (TPSA) is 62.2 Å². The molecule has 0 bridgehead atoms. The molecule has 0 spiro atoms. The highest BCUT2D eigenvalue weighted by Gasteiger charge is 2.09. The van der Waals surface area contributed by atoms with Gasteiger partial charge in [-0.2, -0.15) is 0 Å². The van der Waals surface area contributed by atoms with Gasteiger partial charge in [0.2, 0.25) is 5.13 Å². The largest absolute Gasteiger partial charge is 0.356 e. The Morgan fingerprint density at radius 2 is 2.10 bits per heavy atom. The number of hydrogen-bond donors (Lipinski definition) is 2. The van der Waals surface area contributed by atoms with E-state index in [-0.39, 0.29) is 0 Å². The lowest BCUT2D eigenvalue weighted by molar-refractivity contribution is 0.753. The number of nitrogens with zero attached hydrogens (tertiary/aromatic N) is 3. The van der Waals surface area contributed by atoms with Crippen molar-refractivity contribution >= 4 is 22.4 Å². The molecule has 112 valence electrons. The van der Waals surface area contributed by atoms with Crippen molar-refractivity contribution in [2.75, 3.05) is 18.9 Å². The molecule has 2 rings (SSSR count). The average molecular weight is 303 g/mol. The van der Waals surface area contributed by atoms with Gasteiger partial charge in [-0.3, -0.25) is 4.99 Å². The highest BCUT2D eigenvalue weighted by atomic mass is 32.1. The predicted molar refractivity (Wildman–Crippen MR) is 90.0 cm³/mol. The highest BCUT2D eigenvalue weighted by molar-refractivity contribution is 7.18. The molecule has 0 saturated carbocycles. The van der Waals surface area contributed by atoms with Crippen molar-refractivity contribution < 1.29 is 0 Å². The summed E-state index contributed by atoms with van der Waals surface area (Å²) in [6, 6.07) is 8.18. The van der Waals surface area contributed by atoms with E-state index in [0.717, 1.165) is 41.0 Å². The maximum absolute atomic E-state index is 4.25. The molecule has 0 fully saturated rings. The summed E-state index contributed by atoms with van der Waals surface area (Å²) in [6.45, 7) is 5.14. The maximum atomic E-state index is 4.25. The van der Waals surface area contributed by atoms with E-state index in [2.05, 4.69) is 51.8 Å². The first-order chi connectivity index (χ1) is 10.2. The minimum absolute atomic E-state index is 0.732. The molecule has 21 heavy (non-hydrogen) atoms. The van der Waals surface area contributed by atoms with Crippen LogP contribution in [0.15, 0.2) is 29.3 Å². The molecule has 0 radical (unpaired) electrons. The highest BCUT2D eigenvalue weighted by Crippen LogP contribution is 2.28. The van der Waals surface area contributed by atoms with Gasteiger partial charge in [0.25, 0.3) is 0 Å². The molecule has 0 saturated heterocycles. The first kappa shape index (κ1) is 15.4. The van der Waals surface area contributed by atoms with E-state index in [0.29, 0.717) is 0 Å². The lowest BCUT2D eigenvalue weighted by Gasteiger charge is -2.08. The van der Waals surface area contributed by atoms with Crippen LogP contribution in [-0.4, -0.2) is 29.7 Å². The Bertz CT molecular complexity index is 606. The van der Waals surface area contributed by atoms with Gasteiger partial charge in [0.05, 0.1) is 0 Å². The summed E-state index contributed by atoms with van der Waals surface area (Å²) in [6.07, 6.45) is 2.27. The number of hydrogen-bond acceptors (Lipinski definition) is 4. The third kappa shape index (κ3) is 4.26. The third-order valence-corrected chi connectivity index (χ3v) is 3.94. The van der Waals surface area contributed by atoms with Crippen molar-refractivity contribution in [2.45, 2.75) is 26.7 Å². The number of unbranched alkanes of at least 4 members (excludes halogenated alkanes) is 1. The first-order valence-corrected chi connectivity index (χ1v) is 7.93. The fourth-order valence-corrected chi connectivity index (χ4v) is 2.69. The Kier molecular flexibility index (Phi) is 5.68. The SMILES string of the molecule is CCCCNC(=NC)Nc1nnc(-c2ccccc2C)s1.